The normalized spacial score (nSPS) is 14.5. The molecule has 1 aliphatic rings. The number of ether oxygens (including phenoxy) is 1. The third kappa shape index (κ3) is 19.9. The second kappa shape index (κ2) is 28.7. The minimum absolute atomic E-state index is 0.0556. The zero-order valence-corrected chi connectivity index (χ0v) is 40.4. The molecule has 3 amide bonds. The summed E-state index contributed by atoms with van der Waals surface area (Å²) < 4.78 is 7.27. The average Bonchev–Trinajstić information content (AvgIpc) is 3.64. The minimum Gasteiger partial charge on any atom is -0.481 e. The van der Waals surface area contributed by atoms with Crippen LogP contribution in [0.25, 0.3) is 12.0 Å². The lowest BCUT2D eigenvalue weighted by molar-refractivity contribution is -0.147. The quantitative estimate of drug-likeness (QED) is 0.0144. The number of carbonyl (C=O) groups is 14. The van der Waals surface area contributed by atoms with E-state index in [1.165, 1.54) is 17.5 Å². The fourth-order valence-electron chi connectivity index (χ4n) is 6.91. The maximum absolute atomic E-state index is 13.5. The predicted molar refractivity (Wildman–Crippen MR) is 250 cm³/mol. The van der Waals surface area contributed by atoms with Gasteiger partial charge in [0.1, 0.15) is 30.2 Å². The van der Waals surface area contributed by atoms with Crippen LogP contribution in [0.15, 0.2) is 24.3 Å². The molecule has 0 bridgehead atoms. The van der Waals surface area contributed by atoms with Crippen molar-refractivity contribution in [1.29, 1.82) is 5.41 Å². The van der Waals surface area contributed by atoms with Gasteiger partial charge in [0.2, 0.25) is 40.9 Å². The van der Waals surface area contributed by atoms with Gasteiger partial charge < -0.3 is 51.7 Å². The van der Waals surface area contributed by atoms with E-state index in [2.05, 4.69) is 0 Å². The van der Waals surface area contributed by atoms with Crippen LogP contribution >= 0.6 is 11.3 Å². The lowest BCUT2D eigenvalue weighted by atomic mass is 9.98. The van der Waals surface area contributed by atoms with Crippen LogP contribution in [0.2, 0.25) is 0 Å². The zero-order chi connectivity index (χ0) is 56.3. The molecule has 406 valence electrons. The molecule has 30 nitrogen and oxygen atoms in total. The van der Waals surface area contributed by atoms with Crippen LogP contribution in [-0.2, 0) is 84.7 Å². The van der Waals surface area contributed by atoms with E-state index < -0.39 is 170 Å². The molecule has 0 spiro atoms. The van der Waals surface area contributed by atoms with Gasteiger partial charge in [0.15, 0.2) is 10.6 Å². The van der Waals surface area contributed by atoms with Gasteiger partial charge >= 0.3 is 41.8 Å². The number of fused-ring (bicyclic) bond motifs is 1. The summed E-state index contributed by atoms with van der Waals surface area (Å²) in [5.41, 5.74) is 15.6. The Morgan fingerprint density at radius 1 is 0.613 bits per heavy atom. The zero-order valence-electron chi connectivity index (χ0n) is 39.6. The third-order valence-corrected chi connectivity index (χ3v) is 11.7. The monoisotopic (exact) mass is 1080 g/mol. The van der Waals surface area contributed by atoms with Crippen molar-refractivity contribution >= 4 is 106 Å². The molecule has 31 heteroatoms. The molecule has 2 aromatic rings. The Labute approximate surface area is 426 Å². The number of hydrogen-bond donors (Lipinski definition) is 14. The molecule has 15 N–H and O–H groups in total. The number of amides is 3. The minimum atomic E-state index is -2.41. The summed E-state index contributed by atoms with van der Waals surface area (Å²) in [5, 5.41) is 68.3. The topological polar surface area (TPSA) is 497 Å². The molecule has 0 unspecified atom stereocenters. The first-order chi connectivity index (χ1) is 35.2. The molecule has 75 heavy (non-hydrogen) atoms. The number of carboxylic acid groups (broad SMARTS) is 6. The predicted octanol–water partition coefficient (Wildman–Crippen LogP) is -3.26. The van der Waals surface area contributed by atoms with E-state index in [9.17, 15) is 92.7 Å². The van der Waals surface area contributed by atoms with E-state index in [4.69, 9.17) is 21.0 Å². The van der Waals surface area contributed by atoms with Gasteiger partial charge in [-0.25, -0.2) is 16.3 Å². The first-order valence-corrected chi connectivity index (χ1v) is 23.1. The highest BCUT2D eigenvalue weighted by atomic mass is 32.1. The van der Waals surface area contributed by atoms with Crippen LogP contribution in [-0.4, -0.2) is 154 Å². The number of carbonyl (C=O) groups excluding carboxylic acids is 8. The fraction of sp³-hybridized carbons (Fsp3) is 0.432. The van der Waals surface area contributed by atoms with Crippen LogP contribution in [0.4, 0.5) is 0 Å². The van der Waals surface area contributed by atoms with Crippen LogP contribution in [0, 0.1) is 12.3 Å². The lowest BCUT2D eigenvalue weighted by Gasteiger charge is -2.25. The van der Waals surface area contributed by atoms with E-state index in [1.54, 1.807) is 39.5 Å². The molecule has 0 aliphatic heterocycles. The molecule has 3 rings (SSSR count). The Morgan fingerprint density at radius 3 is 1.55 bits per heavy atom. The van der Waals surface area contributed by atoms with Gasteiger partial charge in [-0.05, 0) is 32.6 Å². The highest BCUT2D eigenvalue weighted by Crippen LogP contribution is 2.26. The van der Waals surface area contributed by atoms with E-state index >= 15 is 0 Å². The largest absolute Gasteiger partial charge is 0.481 e. The van der Waals surface area contributed by atoms with E-state index in [1.807, 2.05) is 28.6 Å². The number of benzene rings is 1. The van der Waals surface area contributed by atoms with Crippen molar-refractivity contribution < 1.29 is 102 Å². The Hall–Kier alpha value is -8.39. The van der Waals surface area contributed by atoms with Crippen molar-refractivity contribution in [2.75, 3.05) is 0 Å². The fourth-order valence-corrected chi connectivity index (χ4v) is 7.97. The number of nitrogens with two attached hydrogens (primary N) is 1. The number of esters is 1. The van der Waals surface area contributed by atoms with Gasteiger partial charge in [0.05, 0.1) is 57.2 Å². The Morgan fingerprint density at radius 2 is 1.05 bits per heavy atom. The summed E-state index contributed by atoms with van der Waals surface area (Å²) in [7, 11) is 0. The molecule has 0 fully saturated rings. The third-order valence-electron chi connectivity index (χ3n) is 10.6. The van der Waals surface area contributed by atoms with Gasteiger partial charge in [0, 0.05) is 22.6 Å². The number of aryl methyl sites for hydroxylation is 2. The first kappa shape index (κ1) is 60.9. The molecule has 0 saturated carbocycles. The number of aromatic nitrogens is 1. The summed E-state index contributed by atoms with van der Waals surface area (Å²) in [4.78, 5) is 175. The maximum Gasteiger partial charge on any atom is 0.311 e. The van der Waals surface area contributed by atoms with Crippen molar-refractivity contribution in [2.45, 2.75) is 120 Å². The van der Waals surface area contributed by atoms with Crippen LogP contribution in [0.5, 0.6) is 0 Å². The number of rotatable bonds is 33. The van der Waals surface area contributed by atoms with Gasteiger partial charge in [-0.1, -0.05) is 29.8 Å². The highest BCUT2D eigenvalue weighted by Gasteiger charge is 2.38. The summed E-state index contributed by atoms with van der Waals surface area (Å²) in [6.45, 7) is 1.84. The van der Waals surface area contributed by atoms with Gasteiger partial charge in [0.25, 0.3) is 0 Å². The van der Waals surface area contributed by atoms with E-state index in [-0.39, 0.29) is 10.6 Å². The molecular formula is C44H53N9O21S. The number of carboxylic acids is 6. The number of hydrogen-bond acceptors (Lipinski definition) is 21. The number of ketones is 4. The lowest BCUT2D eigenvalue weighted by Crippen LogP contribution is -2.61. The summed E-state index contributed by atoms with van der Waals surface area (Å²) in [5.74, 6) is -22.6. The SMILES string of the molecule is Cc1ccc(/C(=C/n2c3c(sc2=N)CCCC3)OC(=O)CCC(=O)NN[C@@H](CC(=O)O)C(=O)C(=O)[C@H](CC(=O)O)NC(=O)[C@H](CC(=O)O)NN[C@@H](CC(=O)O)C(=O)N[C@@H](CC(=O)O)C(=O)C(=O)[C@@H](N)CC(=O)O)cc1. The van der Waals surface area contributed by atoms with Gasteiger partial charge in [-0.2, -0.15) is 0 Å². The Balaban J connectivity index is 1.75. The van der Waals surface area contributed by atoms with Crippen LogP contribution in [0.3, 0.4) is 0 Å². The summed E-state index contributed by atoms with van der Waals surface area (Å²) in [6.07, 6.45) is -4.09. The number of Topliss-reactive ketones (excluding diaryl/α,β-unsaturated/α-hetero) is 4. The number of thiazole rings is 1. The molecule has 1 aliphatic carbocycles. The number of nitrogens with one attached hydrogen (secondary N) is 7. The number of nitrogens with zero attached hydrogens (tertiary/aromatic N) is 1. The molecule has 6 atom stereocenters. The van der Waals surface area contributed by atoms with E-state index in [0.29, 0.717) is 12.0 Å². The van der Waals surface area contributed by atoms with Gasteiger partial charge in [-0.3, -0.25) is 82.5 Å². The molecule has 1 aromatic carbocycles. The van der Waals surface area contributed by atoms with E-state index in [0.717, 1.165) is 35.4 Å². The molecule has 0 radical (unpaired) electrons. The number of aliphatic carboxylic acids is 6. The van der Waals surface area contributed by atoms with Crippen molar-refractivity contribution in [1.82, 2.24) is 36.9 Å². The smallest absolute Gasteiger partial charge is 0.311 e. The first-order valence-electron chi connectivity index (χ1n) is 22.3. The maximum atomic E-state index is 13.5. The van der Waals surface area contributed by atoms with Crippen molar-refractivity contribution in [3.63, 3.8) is 0 Å². The van der Waals surface area contributed by atoms with Crippen molar-refractivity contribution in [2.24, 2.45) is 5.73 Å². The molecule has 1 heterocycles. The van der Waals surface area contributed by atoms with Crippen LogP contribution < -0.4 is 42.9 Å². The second-order valence-electron chi connectivity index (χ2n) is 16.6. The van der Waals surface area contributed by atoms with Crippen molar-refractivity contribution in [3.8, 4) is 0 Å². The Kier molecular flexibility index (Phi) is 23.3. The molecular weight excluding hydrogens is 1020 g/mol. The van der Waals surface area contributed by atoms with Gasteiger partial charge in [-0.15, -0.1) is 11.3 Å². The Bertz CT molecular complexity index is 2680. The summed E-state index contributed by atoms with van der Waals surface area (Å²) in [6, 6.07) is -6.34. The number of hydrazine groups is 2. The molecule has 0 saturated heterocycles. The highest BCUT2D eigenvalue weighted by molar-refractivity contribution is 7.09. The van der Waals surface area contributed by atoms with Crippen LogP contribution in [0.1, 0.15) is 85.9 Å². The van der Waals surface area contributed by atoms with Crippen molar-refractivity contribution in [3.05, 3.63) is 50.8 Å². The standard InChI is InChI=1S/C44H53N9O21S/c1-19-6-8-20(9-7-19)28(18-53-27-4-2-3-5-29(27)75-44(53)46)74-37(67)11-10-30(54)52-49-24(15-34(61)62)41(71)40(70)23(14-33(59)60)48-43(73)26(17-36(65)66)51-50-25(16-35(63)64)42(72)47-22(13-32(57)58)39(69)38(68)21(45)12-31(55)56/h6-9,18,21-26,46,49-51H,2-5,10-17,45H2,1H3,(H,47,72)(H,48,73)(H,52,54)(H,55,56)(H,57,58)(H,59,60)(H,61,62)(H,63,64)(H,65,66)/b28-18-,46-44?/t21-,22-,23-,24-,25-,26-/m0/s1. The second-order valence-corrected chi connectivity index (χ2v) is 17.7. The molecule has 1 aromatic heterocycles. The summed E-state index contributed by atoms with van der Waals surface area (Å²) >= 11 is 1.29. The average molecular weight is 1080 g/mol.